The molecule has 0 bridgehead atoms. The molecule has 0 rings (SSSR count). The number of allylic oxidation sites excluding steroid dienone is 1. The van der Waals surface area contributed by atoms with Crippen LogP contribution in [0.4, 0.5) is 0 Å². The van der Waals surface area contributed by atoms with E-state index in [4.69, 9.17) is 17.0 Å². The molecular weight excluding hydrogens is 323 g/mol. The van der Waals surface area contributed by atoms with Gasteiger partial charge in [0.15, 0.2) is 0 Å². The van der Waals surface area contributed by atoms with Crippen molar-refractivity contribution in [3.05, 3.63) is 12.0 Å². The van der Waals surface area contributed by atoms with Crippen LogP contribution >= 0.6 is 25.2 Å². The summed E-state index contributed by atoms with van der Waals surface area (Å²) in [6.45, 7) is 2.08. The van der Waals surface area contributed by atoms with Crippen molar-refractivity contribution in [1.29, 1.82) is 5.41 Å². The van der Waals surface area contributed by atoms with Crippen LogP contribution in [0.25, 0.3) is 0 Å². The van der Waals surface area contributed by atoms with Gasteiger partial charge in [0.05, 0.1) is 5.95 Å². The van der Waals surface area contributed by atoms with Crippen molar-refractivity contribution in [2.45, 2.75) is 19.8 Å². The van der Waals surface area contributed by atoms with Gasteiger partial charge >= 0.3 is 30.0 Å². The molecule has 14 heavy (non-hydrogen) atoms. The van der Waals surface area contributed by atoms with Crippen molar-refractivity contribution in [1.82, 2.24) is 0 Å². The molecule has 0 unspecified atom stereocenters. The number of rotatable bonds is 6. The Morgan fingerprint density at radius 1 is 1.64 bits per heavy atom. The fourth-order valence-corrected chi connectivity index (χ4v) is 0.789. The average Bonchev–Trinajstić information content (AvgIpc) is 2.18. The van der Waals surface area contributed by atoms with Gasteiger partial charge in [0.25, 0.3) is 0 Å². The van der Waals surface area contributed by atoms with Crippen LogP contribution in [0.3, 0.4) is 0 Å². The molecule has 0 fully saturated rings. The van der Waals surface area contributed by atoms with Gasteiger partial charge in [-0.1, -0.05) is 6.92 Å². The summed E-state index contributed by atoms with van der Waals surface area (Å²) in [6.07, 6.45) is 2.44. The predicted octanol–water partition coefficient (Wildman–Crippen LogP) is 2.11. The Kier molecular flexibility index (Phi) is 16.1. The average molecular weight is 336 g/mol. The zero-order valence-electron chi connectivity index (χ0n) is 8.19. The number of hydrogen-bond donors (Lipinski definition) is 1. The molecule has 0 radical (unpaired) electrons. The molecule has 1 N–H and O–H groups in total. The van der Waals surface area contributed by atoms with E-state index in [2.05, 4.69) is 18.4 Å². The number of halogens is 2. The summed E-state index contributed by atoms with van der Waals surface area (Å²) in [5.74, 6) is 0.0658. The molecule has 78 valence electrons. The van der Waals surface area contributed by atoms with E-state index in [-0.39, 0.29) is 5.71 Å². The van der Waals surface area contributed by atoms with E-state index in [0.29, 0.717) is 18.9 Å². The second-order valence-corrected chi connectivity index (χ2v) is 2.59. The van der Waals surface area contributed by atoms with E-state index in [9.17, 15) is 5.11 Å². The molecule has 0 spiro atoms. The standard InChI is InChI=1S/C8H14ClNO2.BrH.Zn/c1-2-12-8(11)6-7(10)4-3-5-9;;/h6,10-11H,2-5H2,1H3;1H;/q;;+2/p-2/b8-6+,10-7?;;. The summed E-state index contributed by atoms with van der Waals surface area (Å²) in [5.41, 5.74) is 0.272. The minimum absolute atomic E-state index is 0.272. The van der Waals surface area contributed by atoms with Gasteiger partial charge in [-0.3, -0.25) is 0 Å². The molecular formula is C8H13BrClNO2Zn. The number of ether oxygens (including phenoxy) is 1. The van der Waals surface area contributed by atoms with Crippen molar-refractivity contribution in [2.24, 2.45) is 0 Å². The number of alkyl halides is 1. The summed E-state index contributed by atoms with van der Waals surface area (Å²) in [6, 6.07) is 0. The first-order valence-corrected chi connectivity index (χ1v) is 11.6. The van der Waals surface area contributed by atoms with Crippen LogP contribution in [-0.2, 0) is 21.1 Å². The quantitative estimate of drug-likeness (QED) is 0.350. The molecule has 0 heterocycles. The van der Waals surface area contributed by atoms with E-state index < -0.39 is 5.95 Å². The van der Waals surface area contributed by atoms with Crippen LogP contribution < -0.4 is 5.11 Å². The molecule has 0 aliphatic rings. The van der Waals surface area contributed by atoms with Gasteiger partial charge in [0.1, 0.15) is 0 Å². The summed E-state index contributed by atoms with van der Waals surface area (Å²) in [5, 5.41) is 18.1. The Morgan fingerprint density at radius 3 is 2.64 bits per heavy atom. The molecule has 0 atom stereocenters. The Bertz CT molecular complexity index is 179. The zero-order chi connectivity index (χ0) is 11.4. The normalized spacial score (nSPS) is 10.2. The molecule has 0 amide bonds. The van der Waals surface area contributed by atoms with Crippen LogP contribution in [0.5, 0.6) is 0 Å². The maximum atomic E-state index is 10.8. The SMILES string of the molecule is CCO/C([O-])=C/C(=N)CCCCl.[Zn+][Br]. The van der Waals surface area contributed by atoms with Crippen molar-refractivity contribution in [2.75, 3.05) is 12.5 Å². The first-order valence-electron chi connectivity index (χ1n) is 4.12. The van der Waals surface area contributed by atoms with Gasteiger partial charge in [-0.05, 0) is 25.5 Å². The molecule has 6 heteroatoms. The van der Waals surface area contributed by atoms with Crippen LogP contribution in [-0.4, -0.2) is 18.2 Å². The second kappa shape index (κ2) is 13.4. The summed E-state index contributed by atoms with van der Waals surface area (Å²) in [7, 11) is 0. The van der Waals surface area contributed by atoms with Crippen molar-refractivity contribution in [3.63, 3.8) is 0 Å². The maximum absolute atomic E-state index is 10.8. The van der Waals surface area contributed by atoms with E-state index in [0.717, 1.165) is 6.42 Å². The predicted molar refractivity (Wildman–Crippen MR) is 56.3 cm³/mol. The number of hydrogen-bond acceptors (Lipinski definition) is 3. The second-order valence-electron chi connectivity index (χ2n) is 2.21. The number of nitrogens with one attached hydrogen (secondary N) is 1. The van der Waals surface area contributed by atoms with Gasteiger partial charge in [-0.15, -0.1) is 11.6 Å². The molecule has 0 aromatic heterocycles. The van der Waals surface area contributed by atoms with Gasteiger partial charge in [0.2, 0.25) is 0 Å². The Morgan fingerprint density at radius 2 is 2.21 bits per heavy atom. The molecule has 0 aromatic rings. The van der Waals surface area contributed by atoms with Crippen LogP contribution in [0.15, 0.2) is 12.0 Å². The van der Waals surface area contributed by atoms with E-state index >= 15 is 0 Å². The molecule has 3 nitrogen and oxygen atoms in total. The zero-order valence-corrected chi connectivity index (χ0v) is 13.5. The van der Waals surface area contributed by atoms with Gasteiger partial charge in [-0.2, -0.15) is 0 Å². The summed E-state index contributed by atoms with van der Waals surface area (Å²) < 4.78 is 4.62. The van der Waals surface area contributed by atoms with Crippen LogP contribution in [0, 0.1) is 5.41 Å². The first kappa shape index (κ1) is 16.8. The molecule has 0 aliphatic heterocycles. The van der Waals surface area contributed by atoms with Gasteiger partial charge in [-0.25, -0.2) is 0 Å². The van der Waals surface area contributed by atoms with Crippen molar-refractivity contribution >= 4 is 30.9 Å². The van der Waals surface area contributed by atoms with Crippen molar-refractivity contribution in [3.8, 4) is 0 Å². The molecule has 0 saturated carbocycles. The molecule has 0 aromatic carbocycles. The fourth-order valence-electron chi connectivity index (χ4n) is 0.656. The third-order valence-electron chi connectivity index (χ3n) is 1.16. The fraction of sp³-hybridized carbons (Fsp3) is 0.625. The van der Waals surface area contributed by atoms with Crippen molar-refractivity contribution < 1.29 is 26.2 Å². The first-order chi connectivity index (χ1) is 6.70. The van der Waals surface area contributed by atoms with E-state index in [1.54, 1.807) is 6.92 Å². The Labute approximate surface area is 106 Å². The Hall–Kier alpha value is 0.403. The minimum atomic E-state index is -0.447. The van der Waals surface area contributed by atoms with Gasteiger partial charge < -0.3 is 15.3 Å². The summed E-state index contributed by atoms with van der Waals surface area (Å²) >= 11 is 9.67. The van der Waals surface area contributed by atoms with Crippen LogP contribution in [0.2, 0.25) is 0 Å². The van der Waals surface area contributed by atoms with Gasteiger partial charge in [0, 0.05) is 11.6 Å². The monoisotopic (exact) mass is 333 g/mol. The van der Waals surface area contributed by atoms with E-state index in [1.807, 2.05) is 0 Å². The third kappa shape index (κ3) is 12.4. The van der Waals surface area contributed by atoms with Crippen LogP contribution in [0.1, 0.15) is 19.8 Å². The van der Waals surface area contributed by atoms with E-state index in [1.165, 1.54) is 22.4 Å². The molecule has 0 aliphatic carbocycles. The summed E-state index contributed by atoms with van der Waals surface area (Å²) in [4.78, 5) is 0. The molecule has 0 saturated heterocycles. The Balaban J connectivity index is 0. The third-order valence-corrected chi connectivity index (χ3v) is 1.43. The topological polar surface area (TPSA) is 56.1 Å².